The summed E-state index contributed by atoms with van der Waals surface area (Å²) in [6.45, 7) is 2.90. The normalized spacial score (nSPS) is 18.5. The summed E-state index contributed by atoms with van der Waals surface area (Å²) in [5.41, 5.74) is 1.26. The summed E-state index contributed by atoms with van der Waals surface area (Å²) in [6, 6.07) is 9.48. The molecule has 0 aliphatic carbocycles. The number of amides is 1. The van der Waals surface area contributed by atoms with Crippen LogP contribution < -0.4 is 4.74 Å². The van der Waals surface area contributed by atoms with Gasteiger partial charge in [0.05, 0.1) is 7.11 Å². The second-order valence-corrected chi connectivity index (χ2v) is 6.00. The molecule has 2 heterocycles. The van der Waals surface area contributed by atoms with Gasteiger partial charge in [-0.25, -0.2) is 0 Å². The molecular weight excluding hydrogens is 292 g/mol. The van der Waals surface area contributed by atoms with Crippen molar-refractivity contribution in [2.75, 3.05) is 13.7 Å². The van der Waals surface area contributed by atoms with Gasteiger partial charge in [0, 0.05) is 24.2 Å². The number of likely N-dealkylation sites (tertiary alicyclic amines) is 1. The van der Waals surface area contributed by atoms with E-state index in [0.29, 0.717) is 11.5 Å². The Morgan fingerprint density at radius 2 is 2.04 bits per heavy atom. The summed E-state index contributed by atoms with van der Waals surface area (Å²) in [5, 5.41) is 3.98. The molecule has 5 heteroatoms. The topological polar surface area (TPSA) is 55.6 Å². The van der Waals surface area contributed by atoms with Crippen LogP contribution in [-0.4, -0.2) is 35.7 Å². The SMILES string of the molecule is COc1ccc(-c2cc(C(=O)N3CCCCCC3C)no2)cc1. The van der Waals surface area contributed by atoms with Crippen molar-refractivity contribution in [1.29, 1.82) is 0 Å². The molecule has 0 spiro atoms. The number of benzene rings is 1. The van der Waals surface area contributed by atoms with E-state index in [2.05, 4.69) is 12.1 Å². The maximum absolute atomic E-state index is 12.7. The van der Waals surface area contributed by atoms with Crippen molar-refractivity contribution in [2.45, 2.75) is 38.6 Å². The van der Waals surface area contributed by atoms with Crippen molar-refractivity contribution < 1.29 is 14.1 Å². The van der Waals surface area contributed by atoms with Crippen LogP contribution in [0.25, 0.3) is 11.3 Å². The Morgan fingerprint density at radius 3 is 2.78 bits per heavy atom. The number of hydrogen-bond acceptors (Lipinski definition) is 4. The molecular formula is C18H22N2O3. The van der Waals surface area contributed by atoms with Crippen molar-refractivity contribution in [2.24, 2.45) is 0 Å². The van der Waals surface area contributed by atoms with Crippen molar-refractivity contribution >= 4 is 5.91 Å². The number of hydrogen-bond donors (Lipinski definition) is 0. The molecule has 23 heavy (non-hydrogen) atoms. The molecule has 0 N–H and O–H groups in total. The fraction of sp³-hybridized carbons (Fsp3) is 0.444. The van der Waals surface area contributed by atoms with E-state index in [1.54, 1.807) is 13.2 Å². The Kier molecular flexibility index (Phi) is 4.65. The first kappa shape index (κ1) is 15.6. The van der Waals surface area contributed by atoms with E-state index in [4.69, 9.17) is 9.26 Å². The molecule has 1 atom stereocenters. The van der Waals surface area contributed by atoms with Crippen LogP contribution in [0.3, 0.4) is 0 Å². The third-order valence-electron chi connectivity index (χ3n) is 4.42. The monoisotopic (exact) mass is 314 g/mol. The zero-order valence-electron chi connectivity index (χ0n) is 13.6. The average Bonchev–Trinajstić information content (AvgIpc) is 2.98. The third-order valence-corrected chi connectivity index (χ3v) is 4.42. The Hall–Kier alpha value is -2.30. The van der Waals surface area contributed by atoms with E-state index in [0.717, 1.165) is 30.7 Å². The van der Waals surface area contributed by atoms with Gasteiger partial charge in [0.15, 0.2) is 11.5 Å². The summed E-state index contributed by atoms with van der Waals surface area (Å²) in [7, 11) is 1.63. The maximum Gasteiger partial charge on any atom is 0.276 e. The first-order valence-electron chi connectivity index (χ1n) is 8.11. The number of rotatable bonds is 3. The average molecular weight is 314 g/mol. The van der Waals surface area contributed by atoms with Crippen molar-refractivity contribution in [3.63, 3.8) is 0 Å². The molecule has 0 radical (unpaired) electrons. The molecule has 5 nitrogen and oxygen atoms in total. The van der Waals surface area contributed by atoms with Gasteiger partial charge in [0.25, 0.3) is 5.91 Å². The van der Waals surface area contributed by atoms with Gasteiger partial charge in [-0.3, -0.25) is 4.79 Å². The number of aromatic nitrogens is 1. The van der Waals surface area contributed by atoms with Crippen molar-refractivity contribution in [3.8, 4) is 17.1 Å². The Bertz CT molecular complexity index is 663. The Balaban J connectivity index is 1.78. The molecule has 0 bridgehead atoms. The lowest BCUT2D eigenvalue weighted by Crippen LogP contribution is -2.38. The molecule has 1 fully saturated rings. The van der Waals surface area contributed by atoms with Gasteiger partial charge >= 0.3 is 0 Å². The predicted molar refractivity (Wildman–Crippen MR) is 87.5 cm³/mol. The molecule has 122 valence electrons. The molecule has 1 aromatic carbocycles. The molecule has 1 aliphatic rings. The summed E-state index contributed by atoms with van der Waals surface area (Å²) in [6.07, 6.45) is 4.47. The quantitative estimate of drug-likeness (QED) is 0.865. The number of ether oxygens (including phenoxy) is 1. The fourth-order valence-corrected chi connectivity index (χ4v) is 2.99. The van der Waals surface area contributed by atoms with Crippen LogP contribution in [0.5, 0.6) is 5.75 Å². The second kappa shape index (κ2) is 6.86. The van der Waals surface area contributed by atoms with Crippen LogP contribution in [0.2, 0.25) is 0 Å². The minimum atomic E-state index is -0.0390. The summed E-state index contributed by atoms with van der Waals surface area (Å²) >= 11 is 0. The van der Waals surface area contributed by atoms with Gasteiger partial charge in [0.2, 0.25) is 0 Å². The zero-order chi connectivity index (χ0) is 16.2. The van der Waals surface area contributed by atoms with Gasteiger partial charge in [-0.05, 0) is 44.0 Å². The molecule has 3 rings (SSSR count). The van der Waals surface area contributed by atoms with Crippen molar-refractivity contribution in [3.05, 3.63) is 36.0 Å². The number of nitrogens with zero attached hydrogens (tertiary/aromatic N) is 2. The fourth-order valence-electron chi connectivity index (χ4n) is 2.99. The van der Waals surface area contributed by atoms with Gasteiger partial charge in [-0.15, -0.1) is 0 Å². The third kappa shape index (κ3) is 3.38. The number of methoxy groups -OCH3 is 1. The zero-order valence-corrected chi connectivity index (χ0v) is 13.6. The van der Waals surface area contributed by atoms with Gasteiger partial charge in [-0.1, -0.05) is 18.0 Å². The predicted octanol–water partition coefficient (Wildman–Crippen LogP) is 3.75. The highest BCUT2D eigenvalue weighted by Crippen LogP contribution is 2.25. The summed E-state index contributed by atoms with van der Waals surface area (Å²) in [5.74, 6) is 1.34. The van der Waals surface area contributed by atoms with Crippen molar-refractivity contribution in [1.82, 2.24) is 10.1 Å². The van der Waals surface area contributed by atoms with Gasteiger partial charge < -0.3 is 14.2 Å². The van der Waals surface area contributed by atoms with Crippen LogP contribution >= 0.6 is 0 Å². The first-order chi connectivity index (χ1) is 11.2. The highest BCUT2D eigenvalue weighted by molar-refractivity contribution is 5.93. The maximum atomic E-state index is 12.7. The number of carbonyl (C=O) groups is 1. The lowest BCUT2D eigenvalue weighted by molar-refractivity contribution is 0.0687. The van der Waals surface area contributed by atoms with E-state index in [1.165, 1.54) is 12.8 Å². The summed E-state index contributed by atoms with van der Waals surface area (Å²) < 4.78 is 10.5. The lowest BCUT2D eigenvalue weighted by Gasteiger charge is -2.26. The van der Waals surface area contributed by atoms with Gasteiger partial charge in [-0.2, -0.15) is 0 Å². The summed E-state index contributed by atoms with van der Waals surface area (Å²) in [4.78, 5) is 14.6. The largest absolute Gasteiger partial charge is 0.497 e. The molecule has 1 amide bonds. The minimum Gasteiger partial charge on any atom is -0.497 e. The second-order valence-electron chi connectivity index (χ2n) is 6.00. The van der Waals surface area contributed by atoms with E-state index >= 15 is 0 Å². The van der Waals surface area contributed by atoms with Crippen LogP contribution in [0.1, 0.15) is 43.1 Å². The lowest BCUT2D eigenvalue weighted by atomic mass is 10.1. The number of carbonyl (C=O) groups excluding carboxylic acids is 1. The van der Waals surface area contributed by atoms with Crippen LogP contribution in [0, 0.1) is 0 Å². The standard InChI is InChI=1S/C18H22N2O3/c1-13-6-4-3-5-11-20(13)18(21)16-12-17(23-19-16)14-7-9-15(22-2)10-8-14/h7-10,12-13H,3-6,11H2,1-2H3. The van der Waals surface area contributed by atoms with Crippen LogP contribution in [0.15, 0.2) is 34.9 Å². The van der Waals surface area contributed by atoms with Crippen LogP contribution in [0.4, 0.5) is 0 Å². The van der Waals surface area contributed by atoms with Gasteiger partial charge in [0.1, 0.15) is 5.75 Å². The Labute approximate surface area is 136 Å². The smallest absolute Gasteiger partial charge is 0.276 e. The van der Waals surface area contributed by atoms with E-state index in [9.17, 15) is 4.79 Å². The molecule has 1 saturated heterocycles. The molecule has 0 saturated carbocycles. The van der Waals surface area contributed by atoms with E-state index < -0.39 is 0 Å². The molecule has 1 aromatic heterocycles. The molecule has 1 unspecified atom stereocenters. The van der Waals surface area contributed by atoms with Crippen LogP contribution in [-0.2, 0) is 0 Å². The Morgan fingerprint density at radius 1 is 1.26 bits per heavy atom. The van der Waals surface area contributed by atoms with E-state index in [-0.39, 0.29) is 11.9 Å². The molecule has 2 aromatic rings. The highest BCUT2D eigenvalue weighted by Gasteiger charge is 2.25. The first-order valence-corrected chi connectivity index (χ1v) is 8.11. The van der Waals surface area contributed by atoms with E-state index in [1.807, 2.05) is 29.2 Å². The highest BCUT2D eigenvalue weighted by atomic mass is 16.5. The minimum absolute atomic E-state index is 0.0390. The molecule has 1 aliphatic heterocycles.